The number of nitrogens with zero attached hydrogens (tertiary/aromatic N) is 4. The van der Waals surface area contributed by atoms with Crippen LogP contribution in [0.4, 0.5) is 0 Å². The Labute approximate surface area is 298 Å². The smallest absolute Gasteiger partial charge is 0.145 e. The van der Waals surface area contributed by atoms with Crippen LogP contribution in [0.3, 0.4) is 0 Å². The highest BCUT2D eigenvalue weighted by molar-refractivity contribution is 6.23. The first-order chi connectivity index (χ1) is 25.8. The normalized spacial score (nSPS) is 12.2. The molecule has 52 heavy (non-hydrogen) atoms. The van der Waals surface area contributed by atoms with Crippen LogP contribution in [-0.2, 0) is 0 Å². The Bertz CT molecular complexity index is 3260. The van der Waals surface area contributed by atoms with Crippen molar-refractivity contribution in [3.63, 3.8) is 0 Å². The van der Waals surface area contributed by atoms with E-state index in [0.717, 1.165) is 33.4 Å². The number of hydrogen-bond donors (Lipinski definition) is 0. The van der Waals surface area contributed by atoms with E-state index in [9.17, 15) is 0 Å². The summed E-state index contributed by atoms with van der Waals surface area (Å²) in [5.74, 6) is 0.944. The lowest BCUT2D eigenvalue weighted by atomic mass is 9.99. The highest BCUT2D eigenvalue weighted by Gasteiger charge is 2.25. The van der Waals surface area contributed by atoms with E-state index in [1.807, 2.05) is 18.6 Å². The lowest BCUT2D eigenvalue weighted by molar-refractivity contribution is 1.10. The van der Waals surface area contributed by atoms with Crippen LogP contribution in [0.25, 0.3) is 110 Å². The highest BCUT2D eigenvalue weighted by atomic mass is 15.1. The molecule has 1 aliphatic carbocycles. The summed E-state index contributed by atoms with van der Waals surface area (Å²) in [6, 6.07) is 55.2. The Balaban J connectivity index is 1.13. The van der Waals surface area contributed by atoms with Crippen molar-refractivity contribution in [1.29, 1.82) is 0 Å². The van der Waals surface area contributed by atoms with E-state index in [1.54, 1.807) is 0 Å². The monoisotopic (exact) mass is 660 g/mol. The van der Waals surface area contributed by atoms with Gasteiger partial charge in [0.2, 0.25) is 0 Å². The van der Waals surface area contributed by atoms with Crippen LogP contribution in [0.15, 0.2) is 170 Å². The molecule has 240 valence electrons. The van der Waals surface area contributed by atoms with E-state index in [4.69, 9.17) is 4.98 Å². The third-order valence-electron chi connectivity index (χ3n) is 11.2. The summed E-state index contributed by atoms with van der Waals surface area (Å²) in [5, 5.41) is 9.81. The van der Waals surface area contributed by atoms with Gasteiger partial charge in [0.25, 0.3) is 0 Å². The van der Waals surface area contributed by atoms with E-state index in [2.05, 4.69) is 166 Å². The minimum atomic E-state index is 0.944. The van der Waals surface area contributed by atoms with Crippen molar-refractivity contribution in [3.8, 4) is 44.9 Å². The molecular formula is C48H28N4. The minimum Gasteiger partial charge on any atom is -0.309 e. The first-order valence-corrected chi connectivity index (χ1v) is 17.7. The van der Waals surface area contributed by atoms with Crippen molar-refractivity contribution in [2.24, 2.45) is 0 Å². The molecule has 12 rings (SSSR count). The Morgan fingerprint density at radius 2 is 1.10 bits per heavy atom. The molecule has 0 N–H and O–H groups in total. The first kappa shape index (κ1) is 27.7. The van der Waals surface area contributed by atoms with Crippen molar-refractivity contribution < 1.29 is 0 Å². The van der Waals surface area contributed by atoms with Gasteiger partial charge in [0.1, 0.15) is 5.82 Å². The van der Waals surface area contributed by atoms with Crippen molar-refractivity contribution in [2.45, 2.75) is 0 Å². The quantitative estimate of drug-likeness (QED) is 0.189. The molecule has 7 aromatic carbocycles. The van der Waals surface area contributed by atoms with Crippen LogP contribution in [0, 0.1) is 0 Å². The summed E-state index contributed by atoms with van der Waals surface area (Å²) in [6.07, 6.45) is 5.89. The molecule has 4 nitrogen and oxygen atoms in total. The average molecular weight is 661 g/mol. The third-order valence-corrected chi connectivity index (χ3v) is 11.2. The molecule has 0 bridgehead atoms. The molecule has 0 saturated carbocycles. The Morgan fingerprint density at radius 1 is 0.385 bits per heavy atom. The number of rotatable bonds is 3. The summed E-state index contributed by atoms with van der Waals surface area (Å²) in [7, 11) is 0. The summed E-state index contributed by atoms with van der Waals surface area (Å²) >= 11 is 0. The van der Waals surface area contributed by atoms with Gasteiger partial charge in [0.15, 0.2) is 0 Å². The van der Waals surface area contributed by atoms with E-state index in [1.165, 1.54) is 76.7 Å². The van der Waals surface area contributed by atoms with Gasteiger partial charge in [-0.3, -0.25) is 9.55 Å². The van der Waals surface area contributed by atoms with Crippen molar-refractivity contribution in [1.82, 2.24) is 19.1 Å². The van der Waals surface area contributed by atoms with Crippen molar-refractivity contribution >= 4 is 65.2 Å². The van der Waals surface area contributed by atoms with E-state index in [-0.39, 0.29) is 0 Å². The van der Waals surface area contributed by atoms with Gasteiger partial charge in [-0.05, 0) is 87.6 Å². The Kier molecular flexibility index (Phi) is 5.47. The molecule has 11 aromatic rings. The Morgan fingerprint density at radius 3 is 1.98 bits per heavy atom. The van der Waals surface area contributed by atoms with E-state index < -0.39 is 0 Å². The maximum atomic E-state index is 5.24. The van der Waals surface area contributed by atoms with Crippen LogP contribution in [-0.4, -0.2) is 19.1 Å². The molecule has 0 amide bonds. The lowest BCUT2D eigenvalue weighted by Gasteiger charge is -2.12. The van der Waals surface area contributed by atoms with Gasteiger partial charge < -0.3 is 4.57 Å². The maximum absolute atomic E-state index is 5.24. The minimum absolute atomic E-state index is 0.944. The number of pyridine rings is 2. The molecule has 4 heterocycles. The Hall–Kier alpha value is -7.04. The summed E-state index contributed by atoms with van der Waals surface area (Å²) in [4.78, 5) is 9.69. The van der Waals surface area contributed by atoms with Crippen LogP contribution in [0.2, 0.25) is 0 Å². The highest BCUT2D eigenvalue weighted by Crippen LogP contribution is 2.48. The van der Waals surface area contributed by atoms with Gasteiger partial charge in [0, 0.05) is 67.7 Å². The zero-order chi connectivity index (χ0) is 33.9. The molecule has 0 radical (unpaired) electrons. The molecule has 0 fully saturated rings. The van der Waals surface area contributed by atoms with Gasteiger partial charge in [-0.1, -0.05) is 97.1 Å². The fraction of sp³-hybridized carbons (Fsp3) is 0. The molecule has 1 aliphatic rings. The largest absolute Gasteiger partial charge is 0.309 e. The second-order valence-corrected chi connectivity index (χ2v) is 13.8. The second-order valence-electron chi connectivity index (χ2n) is 13.8. The topological polar surface area (TPSA) is 35.6 Å². The van der Waals surface area contributed by atoms with Crippen molar-refractivity contribution in [2.75, 3.05) is 0 Å². The summed E-state index contributed by atoms with van der Waals surface area (Å²) in [6.45, 7) is 0. The lowest BCUT2D eigenvalue weighted by Crippen LogP contribution is -1.99. The maximum Gasteiger partial charge on any atom is 0.145 e. The number of benzene rings is 7. The molecular weight excluding hydrogens is 633 g/mol. The fourth-order valence-corrected chi connectivity index (χ4v) is 8.95. The zero-order valence-corrected chi connectivity index (χ0v) is 28.0. The molecule has 0 saturated heterocycles. The zero-order valence-electron chi connectivity index (χ0n) is 28.0. The SMILES string of the molecule is c1ccc(-n2c3ccccc3c3cc(-c4ccc5c(c4)c4c6ccccc6ccc4n5-c4ncc5c6c(cccc46)-c4ccncc4-5)ccc32)cc1. The standard InChI is InChI=1S/C48H28N4/c1-2-10-32(11-3-1)51-42-16-7-6-13-35(42)38-25-30(18-20-43(38)51)31-19-21-44-39(26-31)47-33-12-5-4-9-29(33)17-22-45(47)52(44)48-37-15-8-14-36-34-23-24-49-27-40(34)41(28-50-48)46(36)37/h1-28H. The first-order valence-electron chi connectivity index (χ1n) is 17.7. The van der Waals surface area contributed by atoms with Crippen molar-refractivity contribution in [3.05, 3.63) is 170 Å². The second kappa shape index (κ2) is 10.3. The van der Waals surface area contributed by atoms with Crippen LogP contribution in [0.5, 0.6) is 0 Å². The van der Waals surface area contributed by atoms with Crippen LogP contribution in [0.1, 0.15) is 0 Å². The molecule has 4 heteroatoms. The fourth-order valence-electron chi connectivity index (χ4n) is 8.95. The summed E-state index contributed by atoms with van der Waals surface area (Å²) < 4.78 is 4.75. The van der Waals surface area contributed by atoms with Gasteiger partial charge in [-0.25, -0.2) is 4.98 Å². The number of para-hydroxylation sites is 2. The average Bonchev–Trinajstić information content (AvgIpc) is 3.85. The molecule has 0 spiro atoms. The summed E-state index contributed by atoms with van der Waals surface area (Å²) in [5.41, 5.74) is 13.0. The molecule has 0 aliphatic heterocycles. The predicted octanol–water partition coefficient (Wildman–Crippen LogP) is 12.3. The van der Waals surface area contributed by atoms with Crippen LogP contribution >= 0.6 is 0 Å². The number of aromatic nitrogens is 4. The number of fused-ring (bicyclic) bond motifs is 11. The van der Waals surface area contributed by atoms with E-state index >= 15 is 0 Å². The third kappa shape index (κ3) is 3.65. The van der Waals surface area contributed by atoms with E-state index in [0.29, 0.717) is 0 Å². The molecule has 0 atom stereocenters. The van der Waals surface area contributed by atoms with Gasteiger partial charge >= 0.3 is 0 Å². The molecule has 4 aromatic heterocycles. The van der Waals surface area contributed by atoms with Crippen LogP contribution < -0.4 is 0 Å². The van der Waals surface area contributed by atoms with Gasteiger partial charge in [0.05, 0.1) is 22.1 Å². The number of hydrogen-bond acceptors (Lipinski definition) is 2. The molecule has 0 unspecified atom stereocenters. The van der Waals surface area contributed by atoms with Gasteiger partial charge in [-0.2, -0.15) is 0 Å². The predicted molar refractivity (Wildman–Crippen MR) is 216 cm³/mol. The van der Waals surface area contributed by atoms with Gasteiger partial charge in [-0.15, -0.1) is 0 Å².